The molecule has 3 heterocycles. The van der Waals surface area contributed by atoms with Crippen molar-refractivity contribution in [1.29, 1.82) is 0 Å². The standard InChI is InChI=1S/C21H26N2O6S/c1-13-3-5-15(6-4-13)30(27,28)23-8-7-16-14-9-20(2,12-25)18(23)21(16)17(11-24)29-19(26)22(21)10-14/h3-6,12,14,16-18,24H,7-11H2,1-2H3/t14-,16-,17-,18+,20-,21-/m0/s1. The molecule has 9 heteroatoms. The van der Waals surface area contributed by atoms with Crippen LogP contribution in [0.2, 0.25) is 0 Å². The number of ether oxygens (including phenoxy) is 1. The van der Waals surface area contributed by atoms with Gasteiger partial charge in [0.05, 0.1) is 17.5 Å². The van der Waals surface area contributed by atoms with Gasteiger partial charge in [-0.15, -0.1) is 0 Å². The number of rotatable bonds is 4. The van der Waals surface area contributed by atoms with Gasteiger partial charge in [0, 0.05) is 18.5 Å². The van der Waals surface area contributed by atoms with Crippen molar-refractivity contribution >= 4 is 22.4 Å². The molecule has 4 fully saturated rings. The van der Waals surface area contributed by atoms with Gasteiger partial charge in [0.15, 0.2) is 6.10 Å². The van der Waals surface area contributed by atoms with Crippen LogP contribution < -0.4 is 0 Å². The van der Waals surface area contributed by atoms with E-state index in [2.05, 4.69) is 0 Å². The predicted octanol–water partition coefficient (Wildman–Crippen LogP) is 1.16. The Bertz CT molecular complexity index is 1010. The summed E-state index contributed by atoms with van der Waals surface area (Å²) >= 11 is 0. The molecule has 1 saturated carbocycles. The van der Waals surface area contributed by atoms with E-state index < -0.39 is 45.8 Å². The van der Waals surface area contributed by atoms with E-state index in [1.807, 2.05) is 6.92 Å². The van der Waals surface area contributed by atoms with Crippen LogP contribution >= 0.6 is 0 Å². The average Bonchev–Trinajstić information content (AvgIpc) is 3.13. The molecule has 1 spiro atoms. The van der Waals surface area contributed by atoms with Gasteiger partial charge < -0.3 is 14.6 Å². The van der Waals surface area contributed by atoms with Crippen LogP contribution in [0.15, 0.2) is 29.2 Å². The third-order valence-corrected chi connectivity index (χ3v) is 9.68. The maximum atomic E-state index is 13.7. The first-order valence-corrected chi connectivity index (χ1v) is 11.8. The number of carbonyl (C=O) groups excluding carboxylic acids is 2. The maximum absolute atomic E-state index is 13.7. The number of amides is 1. The lowest BCUT2D eigenvalue weighted by Gasteiger charge is -2.60. The molecule has 162 valence electrons. The highest BCUT2D eigenvalue weighted by Gasteiger charge is 2.77. The molecule has 4 aliphatic rings. The Morgan fingerprint density at radius 3 is 2.63 bits per heavy atom. The van der Waals surface area contributed by atoms with Gasteiger partial charge in [-0.3, -0.25) is 4.90 Å². The number of benzene rings is 1. The van der Waals surface area contributed by atoms with Gasteiger partial charge in [0.25, 0.3) is 0 Å². The van der Waals surface area contributed by atoms with Crippen molar-refractivity contribution < 1.29 is 27.9 Å². The molecule has 3 aliphatic heterocycles. The Labute approximate surface area is 175 Å². The number of aldehydes is 1. The summed E-state index contributed by atoms with van der Waals surface area (Å²) in [6.07, 6.45) is 0.518. The second-order valence-corrected chi connectivity index (χ2v) is 11.3. The van der Waals surface area contributed by atoms with Crippen molar-refractivity contribution in [3.63, 3.8) is 0 Å². The molecule has 1 N–H and O–H groups in total. The van der Waals surface area contributed by atoms with E-state index >= 15 is 0 Å². The number of aliphatic hydroxyl groups excluding tert-OH is 1. The smallest absolute Gasteiger partial charge is 0.410 e. The number of cyclic esters (lactones) is 1. The van der Waals surface area contributed by atoms with Gasteiger partial charge in [0.1, 0.15) is 11.8 Å². The second kappa shape index (κ2) is 6.27. The normalized spacial score (nSPS) is 40.2. The number of hydrogen-bond donors (Lipinski definition) is 1. The van der Waals surface area contributed by atoms with Crippen LogP contribution in [0.1, 0.15) is 25.3 Å². The lowest BCUT2D eigenvalue weighted by atomic mass is 9.53. The Kier molecular flexibility index (Phi) is 4.17. The molecule has 3 saturated heterocycles. The molecule has 1 aliphatic carbocycles. The molecule has 5 rings (SSSR count). The first-order chi connectivity index (χ1) is 14.2. The fraction of sp³-hybridized carbons (Fsp3) is 0.619. The van der Waals surface area contributed by atoms with Gasteiger partial charge in [-0.05, 0) is 43.7 Å². The summed E-state index contributed by atoms with van der Waals surface area (Å²) in [5.41, 5.74) is -1.07. The lowest BCUT2D eigenvalue weighted by Crippen LogP contribution is -2.75. The first kappa shape index (κ1) is 20.0. The molecule has 8 nitrogen and oxygen atoms in total. The molecule has 1 aromatic carbocycles. The Morgan fingerprint density at radius 2 is 2.00 bits per heavy atom. The maximum Gasteiger partial charge on any atom is 0.410 e. The molecule has 1 amide bonds. The topological polar surface area (TPSA) is 104 Å². The van der Waals surface area contributed by atoms with Crippen molar-refractivity contribution in [2.45, 2.75) is 49.3 Å². The van der Waals surface area contributed by atoms with Gasteiger partial charge in [-0.25, -0.2) is 13.2 Å². The summed E-state index contributed by atoms with van der Waals surface area (Å²) in [6, 6.07) is 5.84. The summed E-state index contributed by atoms with van der Waals surface area (Å²) in [6.45, 7) is 3.95. The van der Waals surface area contributed by atoms with Crippen molar-refractivity contribution in [1.82, 2.24) is 9.21 Å². The molecular formula is C21H26N2O6S. The molecular weight excluding hydrogens is 408 g/mol. The highest BCUT2D eigenvalue weighted by Crippen LogP contribution is 2.63. The van der Waals surface area contributed by atoms with Crippen molar-refractivity contribution in [2.24, 2.45) is 17.3 Å². The Balaban J connectivity index is 1.71. The largest absolute Gasteiger partial charge is 0.441 e. The molecule has 0 unspecified atom stereocenters. The zero-order valence-corrected chi connectivity index (χ0v) is 17.8. The minimum Gasteiger partial charge on any atom is -0.441 e. The van der Waals surface area contributed by atoms with Crippen LogP contribution in [0.5, 0.6) is 0 Å². The summed E-state index contributed by atoms with van der Waals surface area (Å²) in [5.74, 6) is 0.0752. The van der Waals surface area contributed by atoms with Crippen LogP contribution in [0.25, 0.3) is 0 Å². The number of nitrogens with zero attached hydrogens (tertiary/aromatic N) is 2. The highest BCUT2D eigenvalue weighted by molar-refractivity contribution is 7.89. The van der Waals surface area contributed by atoms with Crippen molar-refractivity contribution in [3.05, 3.63) is 29.8 Å². The van der Waals surface area contributed by atoms with Crippen molar-refractivity contribution in [2.75, 3.05) is 19.7 Å². The zero-order chi connectivity index (χ0) is 21.5. The van der Waals surface area contributed by atoms with Crippen molar-refractivity contribution in [3.8, 4) is 0 Å². The third-order valence-electron chi connectivity index (χ3n) is 7.80. The second-order valence-electron chi connectivity index (χ2n) is 9.37. The van der Waals surface area contributed by atoms with Crippen LogP contribution in [0.4, 0.5) is 4.79 Å². The summed E-state index contributed by atoms with van der Waals surface area (Å²) in [5, 5.41) is 10.1. The quantitative estimate of drug-likeness (QED) is 0.714. The lowest BCUT2D eigenvalue weighted by molar-refractivity contribution is -0.139. The summed E-state index contributed by atoms with van der Waals surface area (Å²) in [4.78, 5) is 26.9. The van der Waals surface area contributed by atoms with E-state index in [0.29, 0.717) is 19.4 Å². The molecule has 0 radical (unpaired) electrons. The molecule has 6 atom stereocenters. The summed E-state index contributed by atoms with van der Waals surface area (Å²) in [7, 11) is -3.93. The van der Waals surface area contributed by atoms with Gasteiger partial charge >= 0.3 is 6.09 Å². The van der Waals surface area contributed by atoms with Gasteiger partial charge in [-0.1, -0.05) is 24.6 Å². The number of carbonyl (C=O) groups is 2. The molecule has 1 aromatic rings. The van der Waals surface area contributed by atoms with Gasteiger partial charge in [0.2, 0.25) is 10.0 Å². The number of piperidine rings is 1. The number of aliphatic hydroxyl groups is 1. The minimum atomic E-state index is -3.93. The Morgan fingerprint density at radius 1 is 1.30 bits per heavy atom. The van der Waals surface area contributed by atoms with E-state index in [0.717, 1.165) is 11.8 Å². The van der Waals surface area contributed by atoms with Crippen LogP contribution in [-0.4, -0.2) is 72.5 Å². The number of hydrogen-bond acceptors (Lipinski definition) is 6. The molecule has 4 bridgehead atoms. The van der Waals surface area contributed by atoms with E-state index in [1.165, 1.54) is 4.31 Å². The SMILES string of the molecule is Cc1ccc(S(=O)(=O)N2CC[C@H]3[C@@H]4CN5C(=O)O[C@@H](CO)[C@]35[C@H]2[C@](C)(C=O)C4)cc1. The minimum absolute atomic E-state index is 0.0106. The predicted molar refractivity (Wildman–Crippen MR) is 106 cm³/mol. The highest BCUT2D eigenvalue weighted by atomic mass is 32.2. The van der Waals surface area contributed by atoms with Crippen LogP contribution in [0, 0.1) is 24.2 Å². The third kappa shape index (κ3) is 2.26. The monoisotopic (exact) mass is 434 g/mol. The van der Waals surface area contributed by atoms with E-state index in [1.54, 1.807) is 36.1 Å². The fourth-order valence-corrected chi connectivity index (χ4v) is 8.57. The van der Waals surface area contributed by atoms with Crippen LogP contribution in [-0.2, 0) is 19.6 Å². The number of sulfonamides is 1. The molecule has 0 aromatic heterocycles. The first-order valence-electron chi connectivity index (χ1n) is 10.3. The van der Waals surface area contributed by atoms with E-state index in [4.69, 9.17) is 4.74 Å². The Hall–Kier alpha value is -1.97. The van der Waals surface area contributed by atoms with E-state index in [-0.39, 0.29) is 23.3 Å². The van der Waals surface area contributed by atoms with E-state index in [9.17, 15) is 23.1 Å². The summed E-state index contributed by atoms with van der Waals surface area (Å²) < 4.78 is 34.4. The fourth-order valence-electron chi connectivity index (χ4n) is 6.78. The zero-order valence-electron chi connectivity index (χ0n) is 17.0. The molecule has 30 heavy (non-hydrogen) atoms. The number of aryl methyl sites for hydroxylation is 1. The average molecular weight is 435 g/mol. The van der Waals surface area contributed by atoms with Gasteiger partial charge in [-0.2, -0.15) is 4.31 Å². The van der Waals surface area contributed by atoms with Crippen LogP contribution in [0.3, 0.4) is 0 Å².